The maximum Gasteiger partial charge on any atom is 0.191 e. The van der Waals surface area contributed by atoms with Crippen LogP contribution in [-0.4, -0.2) is 29.4 Å². The van der Waals surface area contributed by atoms with Crippen LogP contribution in [0.25, 0.3) is 0 Å². The Hall–Kier alpha value is -1.58. The minimum Gasteiger partial charge on any atom is -0.370 e. The van der Waals surface area contributed by atoms with Crippen LogP contribution in [0.2, 0.25) is 0 Å². The molecule has 0 radical (unpaired) electrons. The number of nitrogens with zero attached hydrogens (tertiary/aromatic N) is 3. The van der Waals surface area contributed by atoms with Gasteiger partial charge in [0.2, 0.25) is 0 Å². The monoisotopic (exact) mass is 206 g/mol. The van der Waals surface area contributed by atoms with Crippen LogP contribution in [0.4, 0.5) is 0 Å². The first-order chi connectivity index (χ1) is 7.24. The Bertz CT molecular complexity index is 308. The Morgan fingerprint density at radius 2 is 2.13 bits per heavy atom. The van der Waals surface area contributed by atoms with Crippen molar-refractivity contribution in [3.8, 4) is 0 Å². The van der Waals surface area contributed by atoms with E-state index >= 15 is 0 Å². The van der Waals surface area contributed by atoms with Crippen molar-refractivity contribution >= 4 is 5.96 Å². The summed E-state index contributed by atoms with van der Waals surface area (Å²) in [6.07, 6.45) is 4.58. The van der Waals surface area contributed by atoms with Gasteiger partial charge in [-0.1, -0.05) is 6.92 Å². The fraction of sp³-hybridized carbons (Fsp3) is 0.455. The van der Waals surface area contributed by atoms with Crippen molar-refractivity contribution in [1.29, 1.82) is 0 Å². The van der Waals surface area contributed by atoms with E-state index in [1.807, 2.05) is 24.1 Å². The van der Waals surface area contributed by atoms with E-state index in [1.54, 1.807) is 12.4 Å². The standard InChI is InChI=1S/C11H18N4/c1-3-6-14-11(12)15(2)9-10-4-7-13-8-5-10/h4-5,7-8H,3,6,9H2,1-2H3,(H2,12,14). The lowest BCUT2D eigenvalue weighted by Crippen LogP contribution is -2.33. The van der Waals surface area contributed by atoms with Crippen LogP contribution < -0.4 is 5.73 Å². The van der Waals surface area contributed by atoms with E-state index in [-0.39, 0.29) is 0 Å². The summed E-state index contributed by atoms with van der Waals surface area (Å²) in [7, 11) is 1.94. The number of guanidine groups is 1. The molecule has 82 valence electrons. The number of nitrogens with two attached hydrogens (primary N) is 1. The molecule has 1 rings (SSSR count). The Kier molecular flexibility index (Phi) is 4.60. The van der Waals surface area contributed by atoms with E-state index in [0.717, 1.165) is 19.5 Å². The van der Waals surface area contributed by atoms with Crippen molar-refractivity contribution in [2.75, 3.05) is 13.6 Å². The van der Waals surface area contributed by atoms with Crippen LogP contribution in [0.3, 0.4) is 0 Å². The van der Waals surface area contributed by atoms with Gasteiger partial charge in [0, 0.05) is 32.5 Å². The smallest absolute Gasteiger partial charge is 0.191 e. The predicted molar refractivity (Wildman–Crippen MR) is 62.5 cm³/mol. The molecule has 4 heteroatoms. The lowest BCUT2D eigenvalue weighted by Gasteiger charge is -2.17. The lowest BCUT2D eigenvalue weighted by molar-refractivity contribution is 0.491. The molecule has 0 aliphatic carbocycles. The van der Waals surface area contributed by atoms with Crippen molar-refractivity contribution in [3.63, 3.8) is 0 Å². The van der Waals surface area contributed by atoms with Crippen LogP contribution in [0.15, 0.2) is 29.5 Å². The molecule has 0 spiro atoms. The second-order valence-electron chi connectivity index (χ2n) is 3.45. The van der Waals surface area contributed by atoms with Gasteiger partial charge in [0.1, 0.15) is 0 Å². The van der Waals surface area contributed by atoms with Crippen LogP contribution in [0, 0.1) is 0 Å². The molecule has 0 saturated heterocycles. The Morgan fingerprint density at radius 3 is 2.73 bits per heavy atom. The molecule has 1 heterocycles. The molecule has 0 aliphatic heterocycles. The zero-order chi connectivity index (χ0) is 11.1. The van der Waals surface area contributed by atoms with Crippen molar-refractivity contribution in [2.45, 2.75) is 19.9 Å². The highest BCUT2D eigenvalue weighted by Gasteiger charge is 2.01. The topological polar surface area (TPSA) is 54.5 Å². The van der Waals surface area contributed by atoms with Crippen molar-refractivity contribution in [2.24, 2.45) is 10.7 Å². The van der Waals surface area contributed by atoms with E-state index in [1.165, 1.54) is 5.56 Å². The highest BCUT2D eigenvalue weighted by Crippen LogP contribution is 2.00. The average Bonchev–Trinajstić information content (AvgIpc) is 2.27. The van der Waals surface area contributed by atoms with Crippen molar-refractivity contribution in [3.05, 3.63) is 30.1 Å². The Balaban J connectivity index is 2.52. The second-order valence-corrected chi connectivity index (χ2v) is 3.45. The van der Waals surface area contributed by atoms with Gasteiger partial charge in [0.25, 0.3) is 0 Å². The number of pyridine rings is 1. The van der Waals surface area contributed by atoms with Gasteiger partial charge in [-0.15, -0.1) is 0 Å². The van der Waals surface area contributed by atoms with E-state index in [0.29, 0.717) is 5.96 Å². The van der Waals surface area contributed by atoms with Gasteiger partial charge in [-0.25, -0.2) is 0 Å². The van der Waals surface area contributed by atoms with Crippen LogP contribution >= 0.6 is 0 Å². The average molecular weight is 206 g/mol. The number of rotatable bonds is 4. The predicted octanol–water partition coefficient (Wildman–Crippen LogP) is 1.24. The van der Waals surface area contributed by atoms with Gasteiger partial charge < -0.3 is 10.6 Å². The molecule has 0 aromatic carbocycles. The first-order valence-electron chi connectivity index (χ1n) is 5.14. The maximum absolute atomic E-state index is 5.81. The Labute approximate surface area is 90.8 Å². The molecule has 0 bridgehead atoms. The summed E-state index contributed by atoms with van der Waals surface area (Å²) in [6.45, 7) is 3.63. The first-order valence-corrected chi connectivity index (χ1v) is 5.14. The largest absolute Gasteiger partial charge is 0.370 e. The summed E-state index contributed by atoms with van der Waals surface area (Å²) in [5.74, 6) is 0.591. The summed E-state index contributed by atoms with van der Waals surface area (Å²) in [4.78, 5) is 10.1. The molecule has 0 unspecified atom stereocenters. The molecular formula is C11H18N4. The fourth-order valence-corrected chi connectivity index (χ4v) is 1.19. The minimum absolute atomic E-state index is 0.591. The molecule has 2 N–H and O–H groups in total. The SMILES string of the molecule is CCCN=C(N)N(C)Cc1ccncc1. The second kappa shape index (κ2) is 6.01. The zero-order valence-corrected chi connectivity index (χ0v) is 9.35. The molecule has 1 aromatic rings. The first kappa shape index (κ1) is 11.5. The van der Waals surface area contributed by atoms with Gasteiger partial charge in [-0.2, -0.15) is 0 Å². The molecule has 0 aliphatic rings. The number of aromatic nitrogens is 1. The third kappa shape index (κ3) is 3.97. The fourth-order valence-electron chi connectivity index (χ4n) is 1.19. The third-order valence-electron chi connectivity index (χ3n) is 2.06. The quantitative estimate of drug-likeness (QED) is 0.595. The normalized spacial score (nSPS) is 11.5. The van der Waals surface area contributed by atoms with Crippen molar-refractivity contribution < 1.29 is 0 Å². The van der Waals surface area contributed by atoms with Crippen LogP contribution in [-0.2, 0) is 6.54 Å². The van der Waals surface area contributed by atoms with Gasteiger partial charge in [-0.05, 0) is 24.1 Å². The van der Waals surface area contributed by atoms with Gasteiger partial charge in [-0.3, -0.25) is 9.98 Å². The van der Waals surface area contributed by atoms with E-state index in [9.17, 15) is 0 Å². The number of hydrogen-bond donors (Lipinski definition) is 1. The Morgan fingerprint density at radius 1 is 1.47 bits per heavy atom. The zero-order valence-electron chi connectivity index (χ0n) is 9.35. The molecule has 15 heavy (non-hydrogen) atoms. The van der Waals surface area contributed by atoms with Gasteiger partial charge >= 0.3 is 0 Å². The number of aliphatic imine (C=N–C) groups is 1. The van der Waals surface area contributed by atoms with Crippen molar-refractivity contribution in [1.82, 2.24) is 9.88 Å². The van der Waals surface area contributed by atoms with E-state index in [2.05, 4.69) is 16.9 Å². The highest BCUT2D eigenvalue weighted by atomic mass is 15.2. The molecule has 1 aromatic heterocycles. The summed E-state index contributed by atoms with van der Waals surface area (Å²) in [5.41, 5.74) is 6.99. The molecule has 0 saturated carbocycles. The maximum atomic E-state index is 5.81. The molecule has 0 amide bonds. The summed E-state index contributed by atoms with van der Waals surface area (Å²) in [5, 5.41) is 0. The van der Waals surface area contributed by atoms with E-state index in [4.69, 9.17) is 5.73 Å². The third-order valence-corrected chi connectivity index (χ3v) is 2.06. The summed E-state index contributed by atoms with van der Waals surface area (Å²) < 4.78 is 0. The lowest BCUT2D eigenvalue weighted by atomic mass is 10.2. The molecular weight excluding hydrogens is 188 g/mol. The molecule has 4 nitrogen and oxygen atoms in total. The summed E-state index contributed by atoms with van der Waals surface area (Å²) in [6, 6.07) is 3.95. The van der Waals surface area contributed by atoms with Crippen LogP contribution in [0.1, 0.15) is 18.9 Å². The van der Waals surface area contributed by atoms with Gasteiger partial charge in [0.15, 0.2) is 5.96 Å². The highest BCUT2D eigenvalue weighted by molar-refractivity contribution is 5.77. The molecule has 0 atom stereocenters. The molecule has 0 fully saturated rings. The van der Waals surface area contributed by atoms with Crippen LogP contribution in [0.5, 0.6) is 0 Å². The van der Waals surface area contributed by atoms with Gasteiger partial charge in [0.05, 0.1) is 0 Å². The number of hydrogen-bond acceptors (Lipinski definition) is 2. The summed E-state index contributed by atoms with van der Waals surface area (Å²) >= 11 is 0. The minimum atomic E-state index is 0.591. The van der Waals surface area contributed by atoms with E-state index < -0.39 is 0 Å².